The minimum Gasteiger partial charge on any atom is -0.387 e. The van der Waals surface area contributed by atoms with Gasteiger partial charge in [0.05, 0.1) is 6.10 Å². The second-order valence-corrected chi connectivity index (χ2v) is 4.14. The number of rotatable bonds is 5. The molecule has 1 aromatic carbocycles. The Morgan fingerprint density at radius 3 is 2.80 bits per heavy atom. The van der Waals surface area contributed by atoms with Gasteiger partial charge < -0.3 is 10.4 Å². The average Bonchev–Trinajstić information content (AvgIpc) is 3.02. The van der Waals surface area contributed by atoms with Gasteiger partial charge in [0, 0.05) is 12.1 Å². The highest BCUT2D eigenvalue weighted by Crippen LogP contribution is 2.27. The Morgan fingerprint density at radius 2 is 2.13 bits per heavy atom. The van der Waals surface area contributed by atoms with Gasteiger partial charge in [0.15, 0.2) is 0 Å². The van der Waals surface area contributed by atoms with Crippen LogP contribution in [-0.2, 0) is 0 Å². The lowest BCUT2D eigenvalue weighted by Crippen LogP contribution is -2.24. The van der Waals surface area contributed by atoms with Gasteiger partial charge in [-0.25, -0.2) is 4.39 Å². The fourth-order valence-electron chi connectivity index (χ4n) is 1.60. The zero-order valence-corrected chi connectivity index (χ0v) is 8.62. The predicted octanol–water partition coefficient (Wildman–Crippen LogP) is 1.86. The van der Waals surface area contributed by atoms with Gasteiger partial charge in [0.2, 0.25) is 0 Å². The standard InChI is InChI=1S/C12H16FNO/c13-11-4-2-1-3-10(11)12(15)8-14-7-9-5-6-9/h1-4,9,12,14-15H,5-8H2. The zero-order chi connectivity index (χ0) is 10.7. The Morgan fingerprint density at radius 1 is 1.40 bits per heavy atom. The fraction of sp³-hybridized carbons (Fsp3) is 0.500. The lowest BCUT2D eigenvalue weighted by molar-refractivity contribution is 0.170. The van der Waals surface area contributed by atoms with E-state index in [0.29, 0.717) is 12.1 Å². The van der Waals surface area contributed by atoms with E-state index in [2.05, 4.69) is 5.32 Å². The highest BCUT2D eigenvalue weighted by Gasteiger charge is 2.21. The summed E-state index contributed by atoms with van der Waals surface area (Å²) in [6.07, 6.45) is 1.82. The van der Waals surface area contributed by atoms with Crippen LogP contribution >= 0.6 is 0 Å². The van der Waals surface area contributed by atoms with Gasteiger partial charge in [-0.05, 0) is 31.4 Å². The van der Waals surface area contributed by atoms with Crippen LogP contribution in [0.5, 0.6) is 0 Å². The molecule has 82 valence electrons. The van der Waals surface area contributed by atoms with Crippen LogP contribution in [0.2, 0.25) is 0 Å². The summed E-state index contributed by atoms with van der Waals surface area (Å²) in [5.41, 5.74) is 0.376. The first kappa shape index (κ1) is 10.6. The molecule has 0 spiro atoms. The van der Waals surface area contributed by atoms with Gasteiger partial charge in [-0.2, -0.15) is 0 Å². The Labute approximate surface area is 89.1 Å². The van der Waals surface area contributed by atoms with E-state index in [1.165, 1.54) is 18.9 Å². The van der Waals surface area contributed by atoms with Crippen molar-refractivity contribution in [3.05, 3.63) is 35.6 Å². The van der Waals surface area contributed by atoms with Gasteiger partial charge in [-0.1, -0.05) is 18.2 Å². The maximum absolute atomic E-state index is 13.3. The van der Waals surface area contributed by atoms with Crippen molar-refractivity contribution in [1.29, 1.82) is 0 Å². The molecule has 0 saturated heterocycles. The summed E-state index contributed by atoms with van der Waals surface area (Å²) in [6, 6.07) is 6.37. The first-order valence-corrected chi connectivity index (χ1v) is 5.40. The molecule has 1 aromatic rings. The summed E-state index contributed by atoms with van der Waals surface area (Å²) in [5.74, 6) is 0.441. The summed E-state index contributed by atoms with van der Waals surface area (Å²) in [7, 11) is 0. The first-order chi connectivity index (χ1) is 7.27. The Bertz CT molecular complexity index is 325. The van der Waals surface area contributed by atoms with Gasteiger partial charge in [-0.3, -0.25) is 0 Å². The molecule has 3 heteroatoms. The smallest absolute Gasteiger partial charge is 0.129 e. The third-order valence-corrected chi connectivity index (χ3v) is 2.73. The Balaban J connectivity index is 1.83. The second kappa shape index (κ2) is 4.73. The van der Waals surface area contributed by atoms with Gasteiger partial charge in [0.25, 0.3) is 0 Å². The van der Waals surface area contributed by atoms with Crippen LogP contribution in [0, 0.1) is 11.7 Å². The van der Waals surface area contributed by atoms with Crippen molar-refractivity contribution in [2.75, 3.05) is 13.1 Å². The molecule has 0 radical (unpaired) electrons. The van der Waals surface area contributed by atoms with Crippen molar-refractivity contribution >= 4 is 0 Å². The molecule has 2 N–H and O–H groups in total. The molecule has 2 rings (SSSR count). The third-order valence-electron chi connectivity index (χ3n) is 2.73. The van der Waals surface area contributed by atoms with Gasteiger partial charge >= 0.3 is 0 Å². The summed E-state index contributed by atoms with van der Waals surface area (Å²) in [6.45, 7) is 1.36. The molecule has 1 fully saturated rings. The third kappa shape index (κ3) is 3.01. The van der Waals surface area contributed by atoms with Crippen LogP contribution in [0.1, 0.15) is 24.5 Å². The normalized spacial score (nSPS) is 17.7. The molecule has 0 heterocycles. The van der Waals surface area contributed by atoms with E-state index in [1.54, 1.807) is 18.2 Å². The predicted molar refractivity (Wildman–Crippen MR) is 57.0 cm³/mol. The maximum Gasteiger partial charge on any atom is 0.129 e. The number of nitrogens with one attached hydrogen (secondary N) is 1. The van der Waals surface area contributed by atoms with Crippen molar-refractivity contribution in [2.45, 2.75) is 18.9 Å². The average molecular weight is 209 g/mol. The van der Waals surface area contributed by atoms with Crippen molar-refractivity contribution < 1.29 is 9.50 Å². The molecular formula is C12H16FNO. The zero-order valence-electron chi connectivity index (χ0n) is 8.62. The molecule has 2 nitrogen and oxygen atoms in total. The maximum atomic E-state index is 13.3. The second-order valence-electron chi connectivity index (χ2n) is 4.14. The van der Waals surface area contributed by atoms with Crippen molar-refractivity contribution in [3.63, 3.8) is 0 Å². The van der Waals surface area contributed by atoms with E-state index in [0.717, 1.165) is 12.5 Å². The van der Waals surface area contributed by atoms with E-state index >= 15 is 0 Å². The minimum atomic E-state index is -0.745. The fourth-order valence-corrected chi connectivity index (χ4v) is 1.60. The van der Waals surface area contributed by atoms with Crippen LogP contribution in [0.25, 0.3) is 0 Å². The number of hydrogen-bond donors (Lipinski definition) is 2. The highest BCUT2D eigenvalue weighted by molar-refractivity contribution is 5.19. The van der Waals surface area contributed by atoms with Crippen molar-refractivity contribution in [2.24, 2.45) is 5.92 Å². The van der Waals surface area contributed by atoms with Crippen molar-refractivity contribution in [3.8, 4) is 0 Å². The number of aliphatic hydroxyl groups is 1. The molecule has 0 bridgehead atoms. The molecule has 15 heavy (non-hydrogen) atoms. The van der Waals surface area contributed by atoms with E-state index in [4.69, 9.17) is 0 Å². The van der Waals surface area contributed by atoms with Crippen LogP contribution in [0.3, 0.4) is 0 Å². The van der Waals surface area contributed by atoms with Crippen LogP contribution in [0.4, 0.5) is 4.39 Å². The van der Waals surface area contributed by atoms with E-state index in [9.17, 15) is 9.50 Å². The molecule has 0 amide bonds. The molecule has 1 saturated carbocycles. The molecule has 0 aromatic heterocycles. The topological polar surface area (TPSA) is 32.3 Å². The summed E-state index contributed by atoms with van der Waals surface area (Å²) in [5, 5.41) is 12.9. The molecule has 1 aliphatic carbocycles. The minimum absolute atomic E-state index is 0.335. The van der Waals surface area contributed by atoms with E-state index < -0.39 is 6.10 Å². The lowest BCUT2D eigenvalue weighted by atomic mass is 10.1. The molecule has 1 aliphatic rings. The summed E-state index contributed by atoms with van der Waals surface area (Å²) < 4.78 is 13.3. The van der Waals surface area contributed by atoms with Gasteiger partial charge in [-0.15, -0.1) is 0 Å². The summed E-state index contributed by atoms with van der Waals surface area (Å²) >= 11 is 0. The number of halogens is 1. The SMILES string of the molecule is OC(CNCC1CC1)c1ccccc1F. The molecule has 1 atom stereocenters. The molecular weight excluding hydrogens is 193 g/mol. The monoisotopic (exact) mass is 209 g/mol. The Hall–Kier alpha value is -0.930. The molecule has 1 unspecified atom stereocenters. The van der Waals surface area contributed by atoms with Crippen LogP contribution < -0.4 is 5.32 Å². The highest BCUT2D eigenvalue weighted by atomic mass is 19.1. The molecule has 0 aliphatic heterocycles. The number of benzene rings is 1. The summed E-state index contributed by atoms with van der Waals surface area (Å²) in [4.78, 5) is 0. The Kier molecular flexibility index (Phi) is 3.34. The van der Waals surface area contributed by atoms with E-state index in [1.807, 2.05) is 0 Å². The number of aliphatic hydroxyl groups excluding tert-OH is 1. The van der Waals surface area contributed by atoms with Crippen LogP contribution in [0.15, 0.2) is 24.3 Å². The lowest BCUT2D eigenvalue weighted by Gasteiger charge is -2.12. The largest absolute Gasteiger partial charge is 0.387 e. The first-order valence-electron chi connectivity index (χ1n) is 5.40. The van der Waals surface area contributed by atoms with Crippen LogP contribution in [-0.4, -0.2) is 18.2 Å². The van der Waals surface area contributed by atoms with Crippen molar-refractivity contribution in [1.82, 2.24) is 5.32 Å². The van der Waals surface area contributed by atoms with E-state index in [-0.39, 0.29) is 5.82 Å². The quantitative estimate of drug-likeness (QED) is 0.775. The van der Waals surface area contributed by atoms with Gasteiger partial charge in [0.1, 0.15) is 5.82 Å². The number of hydrogen-bond acceptors (Lipinski definition) is 2.